The quantitative estimate of drug-likeness (QED) is 0.166. The number of anilines is 6. The number of thiazole rings is 1. The second kappa shape index (κ2) is 14.5. The topological polar surface area (TPSA) is 32.5 Å². The maximum atomic E-state index is 6.46. The molecule has 0 N–H and O–H groups in total. The summed E-state index contributed by atoms with van der Waals surface area (Å²) in [5.41, 5.74) is 19.0. The summed E-state index contributed by atoms with van der Waals surface area (Å²) in [4.78, 5) is 10.9. The van der Waals surface area contributed by atoms with Crippen LogP contribution >= 0.6 is 11.3 Å². The molecule has 4 nitrogen and oxygen atoms in total. The zero-order valence-corrected chi connectivity index (χ0v) is 42.0. The smallest absolute Gasteiger partial charge is 0.276 e. The number of aromatic nitrogens is 1. The largest absolute Gasteiger partial charge is 0.456 e. The van der Waals surface area contributed by atoms with Crippen LogP contribution in [0.3, 0.4) is 0 Å². The van der Waals surface area contributed by atoms with Gasteiger partial charge < -0.3 is 14.2 Å². The Kier molecular flexibility index (Phi) is 9.63. The number of rotatable bonds is 3. The van der Waals surface area contributed by atoms with Crippen molar-refractivity contribution >= 4 is 89.9 Å². The summed E-state index contributed by atoms with van der Waals surface area (Å²) in [7, 11) is 0. The van der Waals surface area contributed by atoms with Crippen molar-refractivity contribution < 1.29 is 4.42 Å². The molecule has 4 heterocycles. The first-order chi connectivity index (χ1) is 30.4. The summed E-state index contributed by atoms with van der Waals surface area (Å²) in [6, 6.07) is 44.0. The third kappa shape index (κ3) is 7.32. The van der Waals surface area contributed by atoms with Crippen molar-refractivity contribution in [3.05, 3.63) is 143 Å². The lowest BCUT2D eigenvalue weighted by molar-refractivity contribution is 0.569. The molecule has 8 aromatic rings. The van der Waals surface area contributed by atoms with Gasteiger partial charge in [-0.05, 0) is 139 Å². The molecule has 65 heavy (non-hydrogen) atoms. The lowest BCUT2D eigenvalue weighted by atomic mass is 9.35. The van der Waals surface area contributed by atoms with E-state index in [4.69, 9.17) is 9.40 Å². The van der Waals surface area contributed by atoms with Crippen LogP contribution in [0.2, 0.25) is 0 Å². The molecule has 0 unspecified atom stereocenters. The molecule has 6 aromatic carbocycles. The standard InChI is InChI=1S/C59H64BN3OS/c1-55(2,3)36-20-24-41(25-21-36)62-46-26-22-38(57(7,8)9)34-45(46)60-51-47(62)17-16-18-48(51)63(42-31-39(58(10,11)12)30-40(32-42)59(13,14)15)54-52(60)61-53(65-54)35-19-27-49-43(29-35)44-33-37(56(4,5)6)23-28-50(44)64-49/h16-34H,1-15H3. The summed E-state index contributed by atoms with van der Waals surface area (Å²) in [5, 5.41) is 4.45. The first kappa shape index (κ1) is 43.3. The Morgan fingerprint density at radius 2 is 0.985 bits per heavy atom. The van der Waals surface area contributed by atoms with Gasteiger partial charge in [0.15, 0.2) is 0 Å². The lowest BCUT2D eigenvalue weighted by Crippen LogP contribution is -2.61. The summed E-state index contributed by atoms with van der Waals surface area (Å²) in [6.07, 6.45) is 0. The molecule has 10 rings (SSSR count). The molecule has 0 spiro atoms. The van der Waals surface area contributed by atoms with Gasteiger partial charge >= 0.3 is 0 Å². The van der Waals surface area contributed by atoms with Crippen LogP contribution in [0.15, 0.2) is 120 Å². The molecule has 0 aliphatic carbocycles. The van der Waals surface area contributed by atoms with Crippen LogP contribution in [0.5, 0.6) is 0 Å². The van der Waals surface area contributed by atoms with Crippen LogP contribution in [0, 0.1) is 0 Å². The second-order valence-electron chi connectivity index (χ2n) is 23.9. The Morgan fingerprint density at radius 3 is 1.58 bits per heavy atom. The maximum Gasteiger partial charge on any atom is 0.276 e. The molecule has 2 aromatic heterocycles. The molecule has 0 saturated carbocycles. The fourth-order valence-corrected chi connectivity index (χ4v) is 10.9. The summed E-state index contributed by atoms with van der Waals surface area (Å²) >= 11 is 1.81. The van der Waals surface area contributed by atoms with Gasteiger partial charge in [0.1, 0.15) is 21.2 Å². The van der Waals surface area contributed by atoms with E-state index in [1.165, 1.54) is 66.5 Å². The van der Waals surface area contributed by atoms with Gasteiger partial charge in [0.05, 0.1) is 5.59 Å². The lowest BCUT2D eigenvalue weighted by Gasteiger charge is -2.43. The minimum Gasteiger partial charge on any atom is -0.456 e. The molecular weight excluding hydrogens is 810 g/mol. The van der Waals surface area contributed by atoms with E-state index in [1.54, 1.807) is 0 Å². The molecule has 0 fully saturated rings. The number of benzene rings is 6. The minimum atomic E-state index is -0.0828. The molecular formula is C59H64BN3OS. The van der Waals surface area contributed by atoms with Gasteiger partial charge in [0.2, 0.25) is 0 Å². The van der Waals surface area contributed by atoms with Crippen LogP contribution in [0.25, 0.3) is 32.5 Å². The van der Waals surface area contributed by atoms with E-state index in [0.29, 0.717) is 0 Å². The molecule has 0 atom stereocenters. The van der Waals surface area contributed by atoms with Gasteiger partial charge in [-0.3, -0.25) is 0 Å². The fourth-order valence-electron chi connectivity index (χ4n) is 9.79. The van der Waals surface area contributed by atoms with Crippen molar-refractivity contribution in [2.75, 3.05) is 9.80 Å². The average molecular weight is 874 g/mol. The van der Waals surface area contributed by atoms with Crippen LogP contribution in [0.4, 0.5) is 33.4 Å². The zero-order chi connectivity index (χ0) is 46.3. The Morgan fingerprint density at radius 1 is 0.462 bits per heavy atom. The number of hydrogen-bond donors (Lipinski definition) is 0. The van der Waals surface area contributed by atoms with Crippen LogP contribution < -0.4 is 26.3 Å². The van der Waals surface area contributed by atoms with Crippen LogP contribution in [0.1, 0.15) is 132 Å². The van der Waals surface area contributed by atoms with Crippen LogP contribution in [-0.2, 0) is 27.1 Å². The normalized spacial score (nSPS) is 14.3. The van der Waals surface area contributed by atoms with Crippen molar-refractivity contribution in [3.63, 3.8) is 0 Å². The summed E-state index contributed by atoms with van der Waals surface area (Å²) < 4.78 is 6.46. The van der Waals surface area contributed by atoms with E-state index in [-0.39, 0.29) is 33.8 Å². The highest BCUT2D eigenvalue weighted by molar-refractivity contribution is 7.22. The molecule has 0 amide bonds. The number of nitrogens with zero attached hydrogens (tertiary/aromatic N) is 3. The molecule has 2 aliphatic heterocycles. The van der Waals surface area contributed by atoms with E-state index in [1.807, 2.05) is 11.3 Å². The van der Waals surface area contributed by atoms with Crippen molar-refractivity contribution in [3.8, 4) is 10.6 Å². The maximum absolute atomic E-state index is 6.46. The SMILES string of the molecule is CC(C)(C)c1ccc(N2c3ccc(C(C)(C)C)cc3B3c4nc(-c5ccc6oc7ccc(C(C)(C)C)cc7c6c5)sc4N(c4cc(C(C)(C)C)cc(C(C)(C)C)c4)c4cccc2c43)cc1. The monoisotopic (exact) mass is 873 g/mol. The average Bonchev–Trinajstić information content (AvgIpc) is 3.83. The van der Waals surface area contributed by atoms with E-state index < -0.39 is 0 Å². The minimum absolute atomic E-state index is 0.0207. The Balaban J connectivity index is 1.26. The highest BCUT2D eigenvalue weighted by Gasteiger charge is 2.46. The van der Waals surface area contributed by atoms with Crippen molar-refractivity contribution in [1.29, 1.82) is 0 Å². The third-order valence-electron chi connectivity index (χ3n) is 13.9. The zero-order valence-electron chi connectivity index (χ0n) is 41.2. The van der Waals surface area contributed by atoms with E-state index in [9.17, 15) is 0 Å². The fraction of sp³-hybridized carbons (Fsp3) is 0.339. The first-order valence-electron chi connectivity index (χ1n) is 23.5. The van der Waals surface area contributed by atoms with Gasteiger partial charge in [-0.1, -0.05) is 158 Å². The summed E-state index contributed by atoms with van der Waals surface area (Å²) in [5.74, 6) is 0. The Hall–Kier alpha value is -5.59. The van der Waals surface area contributed by atoms with Crippen molar-refractivity contribution in [2.45, 2.75) is 131 Å². The second-order valence-corrected chi connectivity index (χ2v) is 24.9. The van der Waals surface area contributed by atoms with Gasteiger partial charge in [-0.15, -0.1) is 0 Å². The number of furan rings is 1. The van der Waals surface area contributed by atoms with Gasteiger partial charge in [-0.2, -0.15) is 0 Å². The molecule has 6 heteroatoms. The molecule has 0 saturated heterocycles. The molecule has 0 radical (unpaired) electrons. The molecule has 2 aliphatic rings. The van der Waals surface area contributed by atoms with E-state index in [0.717, 1.165) is 43.8 Å². The summed E-state index contributed by atoms with van der Waals surface area (Å²) in [6.45, 7) is 34.6. The predicted molar refractivity (Wildman–Crippen MR) is 282 cm³/mol. The van der Waals surface area contributed by atoms with Crippen molar-refractivity contribution in [2.24, 2.45) is 0 Å². The Labute approximate surface area is 391 Å². The number of fused-ring (bicyclic) bond motifs is 7. The third-order valence-corrected chi connectivity index (χ3v) is 15.0. The first-order valence-corrected chi connectivity index (χ1v) is 24.3. The highest BCUT2D eigenvalue weighted by atomic mass is 32.1. The van der Waals surface area contributed by atoms with Crippen LogP contribution in [-0.4, -0.2) is 11.7 Å². The van der Waals surface area contributed by atoms with E-state index >= 15 is 0 Å². The number of hydrogen-bond acceptors (Lipinski definition) is 5. The van der Waals surface area contributed by atoms with E-state index in [2.05, 4.69) is 229 Å². The predicted octanol–water partition coefficient (Wildman–Crippen LogP) is 15.3. The van der Waals surface area contributed by atoms with Gasteiger partial charge in [0, 0.05) is 44.8 Å². The van der Waals surface area contributed by atoms with Gasteiger partial charge in [-0.25, -0.2) is 4.98 Å². The molecule has 0 bridgehead atoms. The highest BCUT2D eigenvalue weighted by Crippen LogP contribution is 2.49. The van der Waals surface area contributed by atoms with Crippen molar-refractivity contribution in [1.82, 2.24) is 4.98 Å². The van der Waals surface area contributed by atoms with Gasteiger partial charge in [0.25, 0.3) is 6.71 Å². The molecule has 330 valence electrons. The Bertz CT molecular complexity index is 3160.